The highest BCUT2D eigenvalue weighted by molar-refractivity contribution is 6.05. The van der Waals surface area contributed by atoms with Crippen molar-refractivity contribution < 1.29 is 33.6 Å². The van der Waals surface area contributed by atoms with E-state index in [9.17, 15) is 33.6 Å². The minimum absolute atomic E-state index is 0.118. The number of amides is 7. The van der Waals surface area contributed by atoms with E-state index in [1.54, 1.807) is 0 Å². The zero-order chi connectivity index (χ0) is 41.6. The van der Waals surface area contributed by atoms with E-state index in [1.165, 1.54) is 13.8 Å². The van der Waals surface area contributed by atoms with Gasteiger partial charge in [-0.2, -0.15) is 0 Å². The third kappa shape index (κ3) is 20.2. The quantitative estimate of drug-likeness (QED) is 0.0172. The van der Waals surface area contributed by atoms with E-state index in [1.807, 2.05) is 32.0 Å². The Balaban J connectivity index is 2.80. The van der Waals surface area contributed by atoms with Crippen molar-refractivity contribution in [1.82, 2.24) is 42.1 Å². The number of hydrogen-bond acceptors (Lipinski definition) is 11. The molecule has 0 bridgehead atoms. The predicted octanol–water partition coefficient (Wildman–Crippen LogP) is -2.97. The Morgan fingerprint density at radius 2 is 1.53 bits per heavy atom. The molecule has 15 N–H and O–H groups in total. The lowest BCUT2D eigenvalue weighted by Gasteiger charge is -2.27. The number of nitrogens with zero attached hydrogens (tertiary/aromatic N) is 2. The lowest BCUT2D eigenvalue weighted by atomic mass is 9.90. The molecule has 55 heavy (non-hydrogen) atoms. The van der Waals surface area contributed by atoms with Crippen LogP contribution in [0.4, 0.5) is 0 Å². The first kappa shape index (κ1) is 47.9. The van der Waals surface area contributed by atoms with Crippen LogP contribution in [0, 0.1) is 11.3 Å². The fraction of sp³-hybridized carbons (Fsp3) is 0.714. The van der Waals surface area contributed by atoms with Gasteiger partial charge in [0.15, 0.2) is 5.96 Å². The molecular weight excluding hydrogens is 714 g/mol. The fourth-order valence-electron chi connectivity index (χ4n) is 5.38. The molecule has 0 aromatic rings. The van der Waals surface area contributed by atoms with Crippen molar-refractivity contribution in [3.05, 3.63) is 11.9 Å². The van der Waals surface area contributed by atoms with Crippen LogP contribution in [-0.4, -0.2) is 117 Å². The summed E-state index contributed by atoms with van der Waals surface area (Å²) in [6, 6.07) is -2.56. The molecule has 20 nitrogen and oxygen atoms in total. The van der Waals surface area contributed by atoms with Crippen molar-refractivity contribution in [3.8, 4) is 0 Å². The summed E-state index contributed by atoms with van der Waals surface area (Å²) in [5.74, 6) is -3.78. The van der Waals surface area contributed by atoms with E-state index < -0.39 is 47.0 Å². The summed E-state index contributed by atoms with van der Waals surface area (Å²) in [4.78, 5) is 95.2. The third-order valence-corrected chi connectivity index (χ3v) is 8.61. The predicted molar refractivity (Wildman–Crippen MR) is 208 cm³/mol. The molecule has 312 valence electrons. The second-order valence-electron chi connectivity index (χ2n) is 14.6. The lowest BCUT2D eigenvalue weighted by molar-refractivity contribution is -0.143. The molecule has 1 heterocycles. The number of carbonyl (C=O) groups excluding carboxylic acids is 7. The molecule has 0 saturated heterocycles. The largest absolute Gasteiger partial charge is 0.370 e. The summed E-state index contributed by atoms with van der Waals surface area (Å²) in [6.45, 7) is 8.27. The van der Waals surface area contributed by atoms with Gasteiger partial charge in [-0.05, 0) is 58.3 Å². The number of guanidine groups is 1. The lowest BCUT2D eigenvalue weighted by Crippen LogP contribution is -2.57. The Labute approximate surface area is 323 Å². The van der Waals surface area contributed by atoms with E-state index >= 15 is 0 Å². The molecule has 7 amide bonds. The zero-order valence-electron chi connectivity index (χ0n) is 33.1. The van der Waals surface area contributed by atoms with Crippen molar-refractivity contribution >= 4 is 47.3 Å². The molecule has 0 aliphatic carbocycles. The van der Waals surface area contributed by atoms with Gasteiger partial charge in [0, 0.05) is 70.4 Å². The van der Waals surface area contributed by atoms with E-state index in [2.05, 4.69) is 42.2 Å². The van der Waals surface area contributed by atoms with Crippen molar-refractivity contribution in [2.75, 3.05) is 46.4 Å². The summed E-state index contributed by atoms with van der Waals surface area (Å²) in [7, 11) is 1.91. The molecule has 0 saturated carbocycles. The highest BCUT2D eigenvalue weighted by Crippen LogP contribution is 2.17. The molecule has 20 heteroatoms. The minimum Gasteiger partial charge on any atom is -0.370 e. The first-order chi connectivity index (χ1) is 25.8. The van der Waals surface area contributed by atoms with Crippen molar-refractivity contribution in [1.29, 1.82) is 0 Å². The Morgan fingerprint density at radius 3 is 2.13 bits per heavy atom. The highest BCUT2D eigenvalue weighted by Gasteiger charge is 2.38. The normalized spacial score (nSPS) is 14.0. The SMILES string of the molecule is CC(C)CC(CN)NC(=O)CNC(=O)CCCCNC(=O)C(CCCN=C(N)N)NC(=O)C(CCC(N)=O)NC(=O)C(C)(C)C(=O)NCCC1=CN(C)CN1. The van der Waals surface area contributed by atoms with Crippen molar-refractivity contribution in [2.45, 2.75) is 104 Å². The number of nitrogens with two attached hydrogens (primary N) is 4. The number of primary amides is 1. The van der Waals surface area contributed by atoms with Crippen molar-refractivity contribution in [2.24, 2.45) is 39.3 Å². The van der Waals surface area contributed by atoms with Crippen LogP contribution in [0.1, 0.15) is 85.5 Å². The number of hydrogen-bond donors (Lipinski definition) is 11. The summed E-state index contributed by atoms with van der Waals surface area (Å²) in [5, 5.41) is 19.3. The number of nitrogens with one attached hydrogen (secondary N) is 7. The molecule has 3 atom stereocenters. The van der Waals surface area contributed by atoms with Gasteiger partial charge in [-0.1, -0.05) is 13.8 Å². The first-order valence-electron chi connectivity index (χ1n) is 18.8. The van der Waals surface area contributed by atoms with Crippen LogP contribution in [0.25, 0.3) is 0 Å². The minimum atomic E-state index is -1.60. The Kier molecular flexibility index (Phi) is 21.8. The summed E-state index contributed by atoms with van der Waals surface area (Å²) in [6.07, 6.45) is 4.10. The third-order valence-electron chi connectivity index (χ3n) is 8.61. The molecule has 1 rings (SSSR count). The molecule has 1 aliphatic heterocycles. The molecule has 3 unspecified atom stereocenters. The average molecular weight is 780 g/mol. The zero-order valence-corrected chi connectivity index (χ0v) is 33.1. The fourth-order valence-corrected chi connectivity index (χ4v) is 5.38. The molecular formula is C35H65N13O7. The molecule has 0 radical (unpaired) electrons. The second kappa shape index (κ2) is 25.0. The summed E-state index contributed by atoms with van der Waals surface area (Å²) >= 11 is 0. The van der Waals surface area contributed by atoms with Crippen LogP contribution in [-0.2, 0) is 33.6 Å². The standard InChI is InChI=1S/C35H65N13O7/c1-22(2)17-24(18-36)45-29(51)19-43-28(50)10-6-7-14-40-30(52)25(9-8-15-42-34(38)39)46-31(53)26(11-12-27(37)49)47-33(55)35(3,4)32(54)41-16-13-23-20-48(5)21-44-23/h20,22,24-26,44H,6-19,21,36H2,1-5H3,(H2,37,49)(H,40,52)(H,41,54)(H,43,50)(H,45,51)(H,46,53)(H,47,55)(H4,38,39,42). The van der Waals surface area contributed by atoms with Gasteiger partial charge in [-0.3, -0.25) is 38.6 Å². The molecule has 0 fully saturated rings. The molecule has 0 spiro atoms. The van der Waals surface area contributed by atoms with Crippen LogP contribution in [0.3, 0.4) is 0 Å². The number of unbranched alkanes of at least 4 members (excludes halogenated alkanes) is 1. The summed E-state index contributed by atoms with van der Waals surface area (Å²) in [5.41, 5.74) is 21.2. The van der Waals surface area contributed by atoms with Gasteiger partial charge in [-0.15, -0.1) is 0 Å². The number of rotatable bonds is 27. The maximum absolute atomic E-state index is 13.6. The Bertz CT molecular complexity index is 1370. The second-order valence-corrected chi connectivity index (χ2v) is 14.6. The number of carbonyl (C=O) groups is 7. The number of aliphatic imine (C=N–C) groups is 1. The van der Waals surface area contributed by atoms with Gasteiger partial charge in [0.05, 0.1) is 13.2 Å². The van der Waals surface area contributed by atoms with E-state index in [-0.39, 0.29) is 75.7 Å². The van der Waals surface area contributed by atoms with Gasteiger partial charge in [0.2, 0.25) is 41.4 Å². The Hall–Kier alpha value is -5.14. The van der Waals surface area contributed by atoms with Gasteiger partial charge in [0.1, 0.15) is 17.5 Å². The topological polar surface area (TPSA) is 323 Å². The van der Waals surface area contributed by atoms with Gasteiger partial charge >= 0.3 is 0 Å². The maximum atomic E-state index is 13.6. The van der Waals surface area contributed by atoms with Crippen LogP contribution < -0.4 is 60.2 Å². The van der Waals surface area contributed by atoms with Gasteiger partial charge < -0.3 is 65.1 Å². The smallest absolute Gasteiger partial charge is 0.243 e. The van der Waals surface area contributed by atoms with Gasteiger partial charge in [-0.25, -0.2) is 0 Å². The van der Waals surface area contributed by atoms with Crippen molar-refractivity contribution in [3.63, 3.8) is 0 Å². The van der Waals surface area contributed by atoms with Crippen LogP contribution in [0.15, 0.2) is 16.9 Å². The van der Waals surface area contributed by atoms with Crippen LogP contribution in [0.2, 0.25) is 0 Å². The first-order valence-corrected chi connectivity index (χ1v) is 18.8. The maximum Gasteiger partial charge on any atom is 0.243 e. The molecule has 0 aromatic carbocycles. The average Bonchev–Trinajstić information content (AvgIpc) is 3.53. The van der Waals surface area contributed by atoms with Gasteiger partial charge in [0.25, 0.3) is 0 Å². The highest BCUT2D eigenvalue weighted by atomic mass is 16.2. The van der Waals surface area contributed by atoms with E-state index in [0.29, 0.717) is 44.8 Å². The molecule has 1 aliphatic rings. The molecule has 0 aromatic heterocycles. The summed E-state index contributed by atoms with van der Waals surface area (Å²) < 4.78 is 0. The van der Waals surface area contributed by atoms with E-state index in [4.69, 9.17) is 22.9 Å². The van der Waals surface area contributed by atoms with Crippen LogP contribution in [0.5, 0.6) is 0 Å². The van der Waals surface area contributed by atoms with E-state index in [0.717, 1.165) is 12.1 Å². The van der Waals surface area contributed by atoms with Crippen LogP contribution >= 0.6 is 0 Å². The Morgan fingerprint density at radius 1 is 0.836 bits per heavy atom. The monoisotopic (exact) mass is 780 g/mol.